The van der Waals surface area contributed by atoms with E-state index in [0.29, 0.717) is 12.5 Å². The zero-order chi connectivity index (χ0) is 11.1. The predicted octanol–water partition coefficient (Wildman–Crippen LogP) is 2.15. The number of nitrogens with zero attached hydrogens (tertiary/aromatic N) is 1. The molecular formula is C12H18N2O. The van der Waals surface area contributed by atoms with Gasteiger partial charge in [-0.15, -0.1) is 6.58 Å². The van der Waals surface area contributed by atoms with Crippen molar-refractivity contribution in [1.29, 1.82) is 0 Å². The molecule has 0 radical (unpaired) electrons. The van der Waals surface area contributed by atoms with Crippen molar-refractivity contribution in [3.63, 3.8) is 0 Å². The van der Waals surface area contributed by atoms with E-state index in [1.807, 2.05) is 32.2 Å². The lowest BCUT2D eigenvalue weighted by molar-refractivity contribution is 0.308. The Labute approximate surface area is 91.2 Å². The predicted molar refractivity (Wildman–Crippen MR) is 61.9 cm³/mol. The number of aromatic nitrogens is 1. The van der Waals surface area contributed by atoms with Crippen LogP contribution >= 0.6 is 0 Å². The maximum Gasteiger partial charge on any atom is 0.213 e. The first kappa shape index (κ1) is 11.7. The second-order valence-corrected chi connectivity index (χ2v) is 3.55. The fraction of sp³-hybridized carbons (Fsp3) is 0.417. The highest BCUT2D eigenvalue weighted by molar-refractivity contribution is 5.15. The van der Waals surface area contributed by atoms with Gasteiger partial charge >= 0.3 is 0 Å². The largest absolute Gasteiger partial charge is 0.477 e. The summed E-state index contributed by atoms with van der Waals surface area (Å²) < 4.78 is 5.50. The van der Waals surface area contributed by atoms with Gasteiger partial charge < -0.3 is 10.1 Å². The van der Waals surface area contributed by atoms with Gasteiger partial charge in [0.05, 0.1) is 12.3 Å². The minimum atomic E-state index is 0.644. The smallest absolute Gasteiger partial charge is 0.213 e. The van der Waals surface area contributed by atoms with Crippen LogP contribution < -0.4 is 10.1 Å². The summed E-state index contributed by atoms with van der Waals surface area (Å²) in [5.41, 5.74) is 2.12. The van der Waals surface area contributed by atoms with Crippen molar-refractivity contribution in [2.45, 2.75) is 19.9 Å². The highest BCUT2D eigenvalue weighted by Gasteiger charge is 1.97. The standard InChI is InChI=1S/C12H18N2O/c1-10(2)7-8-15-12-6-4-5-11(14-12)9-13-3/h4-6,13H,1,7-9H2,2-3H3. The molecule has 0 unspecified atom stereocenters. The van der Waals surface area contributed by atoms with Crippen LogP contribution in [0.25, 0.3) is 0 Å². The maximum absolute atomic E-state index is 5.50. The fourth-order valence-corrected chi connectivity index (χ4v) is 1.15. The summed E-state index contributed by atoms with van der Waals surface area (Å²) in [4.78, 5) is 4.34. The Bertz CT molecular complexity index is 323. The molecule has 3 nitrogen and oxygen atoms in total. The Morgan fingerprint density at radius 2 is 2.33 bits per heavy atom. The van der Waals surface area contributed by atoms with Gasteiger partial charge in [0.1, 0.15) is 0 Å². The van der Waals surface area contributed by atoms with Gasteiger partial charge in [-0.2, -0.15) is 0 Å². The zero-order valence-corrected chi connectivity index (χ0v) is 9.42. The summed E-state index contributed by atoms with van der Waals surface area (Å²) in [5.74, 6) is 0.684. The van der Waals surface area contributed by atoms with Crippen molar-refractivity contribution in [2.24, 2.45) is 0 Å². The quantitative estimate of drug-likeness (QED) is 0.724. The molecule has 1 aromatic heterocycles. The molecule has 0 saturated carbocycles. The van der Waals surface area contributed by atoms with Gasteiger partial charge in [0.2, 0.25) is 5.88 Å². The van der Waals surface area contributed by atoms with E-state index in [4.69, 9.17) is 4.74 Å². The first-order chi connectivity index (χ1) is 7.22. The van der Waals surface area contributed by atoms with Gasteiger partial charge in [0.15, 0.2) is 0 Å². The Morgan fingerprint density at radius 1 is 1.53 bits per heavy atom. The van der Waals surface area contributed by atoms with E-state index < -0.39 is 0 Å². The van der Waals surface area contributed by atoms with Gasteiger partial charge in [-0.3, -0.25) is 0 Å². The lowest BCUT2D eigenvalue weighted by atomic mass is 10.3. The van der Waals surface area contributed by atoms with Crippen molar-refractivity contribution in [1.82, 2.24) is 10.3 Å². The van der Waals surface area contributed by atoms with Gasteiger partial charge in [-0.25, -0.2) is 4.98 Å². The molecule has 0 spiro atoms. The molecule has 0 bridgehead atoms. The molecule has 0 saturated heterocycles. The van der Waals surface area contributed by atoms with Crippen molar-refractivity contribution in [2.75, 3.05) is 13.7 Å². The molecule has 15 heavy (non-hydrogen) atoms. The van der Waals surface area contributed by atoms with Gasteiger partial charge in [-0.1, -0.05) is 11.6 Å². The van der Waals surface area contributed by atoms with E-state index in [0.717, 1.165) is 24.2 Å². The van der Waals surface area contributed by atoms with Crippen LogP contribution in [-0.2, 0) is 6.54 Å². The molecule has 1 aromatic rings. The molecule has 0 aliphatic rings. The van der Waals surface area contributed by atoms with Gasteiger partial charge in [0.25, 0.3) is 0 Å². The van der Waals surface area contributed by atoms with E-state index >= 15 is 0 Å². The van der Waals surface area contributed by atoms with Gasteiger partial charge in [-0.05, 0) is 20.0 Å². The Kier molecular flexibility index (Phi) is 4.84. The van der Waals surface area contributed by atoms with Crippen LogP contribution in [0.4, 0.5) is 0 Å². The summed E-state index contributed by atoms with van der Waals surface area (Å²) in [7, 11) is 1.90. The van der Waals surface area contributed by atoms with Crippen molar-refractivity contribution < 1.29 is 4.74 Å². The van der Waals surface area contributed by atoms with Crippen LogP contribution in [0.1, 0.15) is 19.0 Å². The summed E-state index contributed by atoms with van der Waals surface area (Å²) >= 11 is 0. The molecule has 1 rings (SSSR count). The molecule has 0 amide bonds. The average molecular weight is 206 g/mol. The highest BCUT2D eigenvalue weighted by atomic mass is 16.5. The fourth-order valence-electron chi connectivity index (χ4n) is 1.15. The normalized spacial score (nSPS) is 10.0. The number of pyridine rings is 1. The van der Waals surface area contributed by atoms with Crippen LogP contribution in [0.5, 0.6) is 5.88 Å². The average Bonchev–Trinajstić information content (AvgIpc) is 2.18. The van der Waals surface area contributed by atoms with E-state index in [1.165, 1.54) is 0 Å². The van der Waals surface area contributed by atoms with Crippen LogP contribution in [0.3, 0.4) is 0 Å². The highest BCUT2D eigenvalue weighted by Crippen LogP contribution is 2.08. The SMILES string of the molecule is C=C(C)CCOc1cccc(CNC)n1. The van der Waals surface area contributed by atoms with E-state index in [-0.39, 0.29) is 0 Å². The summed E-state index contributed by atoms with van der Waals surface area (Å²) in [5, 5.41) is 3.05. The number of rotatable bonds is 6. The van der Waals surface area contributed by atoms with Gasteiger partial charge in [0, 0.05) is 19.0 Å². The first-order valence-electron chi connectivity index (χ1n) is 5.10. The second kappa shape index (κ2) is 6.19. The second-order valence-electron chi connectivity index (χ2n) is 3.55. The summed E-state index contributed by atoms with van der Waals surface area (Å²) in [6.45, 7) is 7.22. The van der Waals surface area contributed by atoms with Crippen molar-refractivity contribution >= 4 is 0 Å². The van der Waals surface area contributed by atoms with Crippen LogP contribution in [0.2, 0.25) is 0 Å². The number of hydrogen-bond donors (Lipinski definition) is 1. The molecule has 1 N–H and O–H groups in total. The molecular weight excluding hydrogens is 188 g/mol. The zero-order valence-electron chi connectivity index (χ0n) is 9.42. The summed E-state index contributed by atoms with van der Waals surface area (Å²) in [6.07, 6.45) is 0.873. The number of ether oxygens (including phenoxy) is 1. The third-order valence-corrected chi connectivity index (χ3v) is 1.92. The lowest BCUT2D eigenvalue weighted by Gasteiger charge is -2.06. The van der Waals surface area contributed by atoms with E-state index in [1.54, 1.807) is 0 Å². The Morgan fingerprint density at radius 3 is 3.00 bits per heavy atom. The van der Waals surface area contributed by atoms with Crippen molar-refractivity contribution in [3.8, 4) is 5.88 Å². The minimum Gasteiger partial charge on any atom is -0.477 e. The lowest BCUT2D eigenvalue weighted by Crippen LogP contribution is -2.08. The Balaban J connectivity index is 2.46. The molecule has 3 heteroatoms. The molecule has 0 fully saturated rings. The number of hydrogen-bond acceptors (Lipinski definition) is 3. The first-order valence-corrected chi connectivity index (χ1v) is 5.10. The molecule has 82 valence electrons. The molecule has 0 aliphatic carbocycles. The van der Waals surface area contributed by atoms with Crippen LogP contribution in [-0.4, -0.2) is 18.6 Å². The molecule has 1 heterocycles. The molecule has 0 aromatic carbocycles. The molecule has 0 atom stereocenters. The summed E-state index contributed by atoms with van der Waals surface area (Å²) in [6, 6.07) is 5.80. The monoisotopic (exact) mass is 206 g/mol. The minimum absolute atomic E-state index is 0.644. The third kappa shape index (κ3) is 4.61. The maximum atomic E-state index is 5.50. The van der Waals surface area contributed by atoms with E-state index in [2.05, 4.69) is 16.9 Å². The topological polar surface area (TPSA) is 34.1 Å². The Hall–Kier alpha value is -1.35. The van der Waals surface area contributed by atoms with Crippen LogP contribution in [0, 0.1) is 0 Å². The van der Waals surface area contributed by atoms with E-state index in [9.17, 15) is 0 Å². The van der Waals surface area contributed by atoms with Crippen molar-refractivity contribution in [3.05, 3.63) is 36.0 Å². The molecule has 0 aliphatic heterocycles. The number of nitrogens with one attached hydrogen (secondary N) is 1. The third-order valence-electron chi connectivity index (χ3n) is 1.92. The van der Waals surface area contributed by atoms with Crippen LogP contribution in [0.15, 0.2) is 30.4 Å².